The Labute approximate surface area is 192 Å². The number of thioether (sulfide) groups is 1. The number of nitrogens with zero attached hydrogens (tertiary/aromatic N) is 2. The molecule has 1 amide bonds. The van der Waals surface area contributed by atoms with Crippen molar-refractivity contribution in [3.63, 3.8) is 0 Å². The van der Waals surface area contributed by atoms with Crippen LogP contribution in [-0.4, -0.2) is 28.7 Å². The first-order valence-electron chi connectivity index (χ1n) is 10.6. The number of anilines is 1. The second-order valence-electron chi connectivity index (χ2n) is 9.21. The number of carbonyl (C=O) groups excluding carboxylic acids is 1. The summed E-state index contributed by atoms with van der Waals surface area (Å²) < 4.78 is 5.37. The van der Waals surface area contributed by atoms with Crippen LogP contribution in [-0.2, 0) is 17.6 Å². The second kappa shape index (κ2) is 8.79. The van der Waals surface area contributed by atoms with Crippen LogP contribution in [0.4, 0.5) is 5.69 Å². The smallest absolute Gasteiger partial charge is 0.234 e. The van der Waals surface area contributed by atoms with Crippen molar-refractivity contribution in [1.82, 2.24) is 9.97 Å². The molecule has 31 heavy (non-hydrogen) atoms. The summed E-state index contributed by atoms with van der Waals surface area (Å²) in [5.74, 6) is 1.57. The number of hydrogen-bond donors (Lipinski definition) is 1. The molecule has 0 saturated heterocycles. The van der Waals surface area contributed by atoms with Gasteiger partial charge in [0.05, 0.1) is 18.6 Å². The summed E-state index contributed by atoms with van der Waals surface area (Å²) in [5.41, 5.74) is 3.47. The van der Waals surface area contributed by atoms with E-state index in [1.54, 1.807) is 24.8 Å². The number of amides is 1. The Morgan fingerprint density at radius 2 is 2.13 bits per heavy atom. The standard InChI is InChI=1S/C24H29N3O2S2/c1-14-6-9-18(29-5)17(10-14)27-20(28)12-30-22-21-16-8-7-15(24(2,3)4)11-19(16)31-23(21)26-13-25-22/h6,9-10,13,15H,7-8,11-12H2,1-5H3,(H,27,28). The number of ether oxygens (including phenoxy) is 1. The zero-order valence-corrected chi connectivity index (χ0v) is 20.4. The van der Waals surface area contributed by atoms with Gasteiger partial charge in [-0.2, -0.15) is 0 Å². The van der Waals surface area contributed by atoms with Gasteiger partial charge in [-0.3, -0.25) is 4.79 Å². The molecule has 7 heteroatoms. The Kier molecular flexibility index (Phi) is 6.26. The number of carbonyl (C=O) groups is 1. The zero-order valence-electron chi connectivity index (χ0n) is 18.7. The molecule has 0 aliphatic heterocycles. The molecular formula is C24H29N3O2S2. The lowest BCUT2D eigenvalue weighted by Gasteiger charge is -2.33. The molecule has 2 heterocycles. The lowest BCUT2D eigenvalue weighted by atomic mass is 9.72. The molecule has 1 aliphatic rings. The van der Waals surface area contributed by atoms with E-state index in [0.29, 0.717) is 28.5 Å². The summed E-state index contributed by atoms with van der Waals surface area (Å²) in [6.07, 6.45) is 4.98. The van der Waals surface area contributed by atoms with E-state index in [1.165, 1.54) is 28.6 Å². The van der Waals surface area contributed by atoms with Gasteiger partial charge < -0.3 is 10.1 Å². The highest BCUT2D eigenvalue weighted by atomic mass is 32.2. The molecule has 2 aromatic heterocycles. The molecule has 0 radical (unpaired) electrons. The monoisotopic (exact) mass is 455 g/mol. The third kappa shape index (κ3) is 4.72. The van der Waals surface area contributed by atoms with Crippen LogP contribution in [0.5, 0.6) is 5.75 Å². The van der Waals surface area contributed by atoms with Gasteiger partial charge in [0.25, 0.3) is 0 Å². The van der Waals surface area contributed by atoms with Gasteiger partial charge in [0.2, 0.25) is 5.91 Å². The van der Waals surface area contributed by atoms with E-state index in [9.17, 15) is 4.79 Å². The van der Waals surface area contributed by atoms with Crippen LogP contribution in [0.2, 0.25) is 0 Å². The molecule has 5 nitrogen and oxygen atoms in total. The molecule has 0 bridgehead atoms. The largest absolute Gasteiger partial charge is 0.495 e. The van der Waals surface area contributed by atoms with Gasteiger partial charge in [0, 0.05) is 10.3 Å². The summed E-state index contributed by atoms with van der Waals surface area (Å²) in [4.78, 5) is 24.2. The number of benzene rings is 1. The predicted molar refractivity (Wildman–Crippen MR) is 129 cm³/mol. The van der Waals surface area contributed by atoms with Crippen LogP contribution >= 0.6 is 23.1 Å². The summed E-state index contributed by atoms with van der Waals surface area (Å²) in [7, 11) is 1.61. The van der Waals surface area contributed by atoms with Gasteiger partial charge >= 0.3 is 0 Å². The molecule has 0 spiro atoms. The van der Waals surface area contributed by atoms with Crippen LogP contribution in [0.1, 0.15) is 43.2 Å². The first-order chi connectivity index (χ1) is 14.8. The van der Waals surface area contributed by atoms with Crippen LogP contribution in [0, 0.1) is 18.3 Å². The van der Waals surface area contributed by atoms with Gasteiger partial charge in [-0.15, -0.1) is 11.3 Å². The summed E-state index contributed by atoms with van der Waals surface area (Å²) in [6.45, 7) is 8.99. The minimum absolute atomic E-state index is 0.0717. The van der Waals surface area contributed by atoms with Crippen molar-refractivity contribution < 1.29 is 9.53 Å². The van der Waals surface area contributed by atoms with Crippen LogP contribution < -0.4 is 10.1 Å². The maximum atomic E-state index is 12.7. The topological polar surface area (TPSA) is 64.1 Å². The fraction of sp³-hybridized carbons (Fsp3) is 0.458. The number of thiophene rings is 1. The van der Waals surface area contributed by atoms with Gasteiger partial charge in [-0.1, -0.05) is 38.6 Å². The molecule has 4 rings (SSSR count). The third-order valence-electron chi connectivity index (χ3n) is 6.00. The maximum absolute atomic E-state index is 12.7. The van der Waals surface area contributed by atoms with Crippen LogP contribution in [0.3, 0.4) is 0 Å². The predicted octanol–water partition coefficient (Wildman–Crippen LogP) is 5.89. The van der Waals surface area contributed by atoms with Crippen molar-refractivity contribution in [1.29, 1.82) is 0 Å². The van der Waals surface area contributed by atoms with Crippen molar-refractivity contribution in [2.75, 3.05) is 18.2 Å². The number of methoxy groups -OCH3 is 1. The molecule has 0 fully saturated rings. The molecule has 3 aromatic rings. The fourth-order valence-electron chi connectivity index (χ4n) is 4.17. The molecule has 1 unspecified atom stereocenters. The quantitative estimate of drug-likeness (QED) is 0.384. The third-order valence-corrected chi connectivity index (χ3v) is 8.16. The summed E-state index contributed by atoms with van der Waals surface area (Å²) in [6, 6.07) is 5.75. The van der Waals surface area contributed by atoms with Crippen molar-refractivity contribution in [3.05, 3.63) is 40.5 Å². The highest BCUT2D eigenvalue weighted by Gasteiger charge is 2.31. The van der Waals surface area contributed by atoms with E-state index in [4.69, 9.17) is 4.74 Å². The van der Waals surface area contributed by atoms with Crippen molar-refractivity contribution in [2.45, 2.75) is 52.0 Å². The van der Waals surface area contributed by atoms with Gasteiger partial charge in [-0.05, 0) is 60.8 Å². The molecule has 1 aliphatic carbocycles. The van der Waals surface area contributed by atoms with Crippen molar-refractivity contribution in [2.24, 2.45) is 11.3 Å². The SMILES string of the molecule is COc1ccc(C)cc1NC(=O)CSc1ncnc2sc3c(c12)CCC(C(C)(C)C)C3. The van der Waals surface area contributed by atoms with E-state index >= 15 is 0 Å². The number of aryl methyl sites for hydroxylation is 2. The number of hydrogen-bond acceptors (Lipinski definition) is 6. The second-order valence-corrected chi connectivity index (χ2v) is 11.3. The zero-order chi connectivity index (χ0) is 22.2. The van der Waals surface area contributed by atoms with E-state index in [-0.39, 0.29) is 5.91 Å². The summed E-state index contributed by atoms with van der Waals surface area (Å²) >= 11 is 3.28. The molecule has 1 N–H and O–H groups in total. The Hall–Kier alpha value is -2.12. The van der Waals surface area contributed by atoms with Gasteiger partial charge in [0.1, 0.15) is 21.9 Å². The number of nitrogens with one attached hydrogen (secondary N) is 1. The first kappa shape index (κ1) is 22.1. The molecule has 1 atom stereocenters. The summed E-state index contributed by atoms with van der Waals surface area (Å²) in [5, 5.41) is 5.03. The number of rotatable bonds is 5. The fourth-order valence-corrected chi connectivity index (χ4v) is 6.33. The number of aromatic nitrogens is 2. The molecular weight excluding hydrogens is 426 g/mol. The Morgan fingerprint density at radius 3 is 2.87 bits per heavy atom. The van der Waals surface area contributed by atoms with Crippen molar-refractivity contribution in [3.8, 4) is 5.75 Å². The van der Waals surface area contributed by atoms with E-state index in [0.717, 1.165) is 33.6 Å². The number of fused-ring (bicyclic) bond motifs is 3. The average molecular weight is 456 g/mol. The highest BCUT2D eigenvalue weighted by molar-refractivity contribution is 8.00. The first-order valence-corrected chi connectivity index (χ1v) is 12.4. The molecule has 1 aromatic carbocycles. The minimum atomic E-state index is -0.0717. The Bertz CT molecular complexity index is 1120. The molecule has 0 saturated carbocycles. The van der Waals surface area contributed by atoms with E-state index in [1.807, 2.05) is 25.1 Å². The van der Waals surface area contributed by atoms with E-state index in [2.05, 4.69) is 36.1 Å². The Balaban J connectivity index is 1.52. The van der Waals surface area contributed by atoms with E-state index < -0.39 is 0 Å². The van der Waals surface area contributed by atoms with Crippen molar-refractivity contribution >= 4 is 44.9 Å². The lowest BCUT2D eigenvalue weighted by Crippen LogP contribution is -2.26. The average Bonchev–Trinajstić information content (AvgIpc) is 3.10. The van der Waals surface area contributed by atoms with Crippen LogP contribution in [0.15, 0.2) is 29.6 Å². The highest BCUT2D eigenvalue weighted by Crippen LogP contribution is 2.44. The Morgan fingerprint density at radius 1 is 1.32 bits per heavy atom. The lowest BCUT2D eigenvalue weighted by molar-refractivity contribution is -0.113. The van der Waals surface area contributed by atoms with Gasteiger partial charge in [-0.25, -0.2) is 9.97 Å². The van der Waals surface area contributed by atoms with Crippen LogP contribution in [0.25, 0.3) is 10.2 Å². The molecule has 164 valence electrons. The maximum Gasteiger partial charge on any atom is 0.234 e. The van der Waals surface area contributed by atoms with Gasteiger partial charge in [0.15, 0.2) is 0 Å². The normalized spacial score (nSPS) is 16.2. The minimum Gasteiger partial charge on any atom is -0.495 e.